The highest BCUT2D eigenvalue weighted by Crippen LogP contribution is 2.16. The second-order valence-electron chi connectivity index (χ2n) is 7.48. The summed E-state index contributed by atoms with van der Waals surface area (Å²) < 4.78 is 0. The summed E-state index contributed by atoms with van der Waals surface area (Å²) in [6, 6.07) is 8.00. The quantitative estimate of drug-likeness (QED) is 0.322. The van der Waals surface area contributed by atoms with Crippen molar-refractivity contribution < 1.29 is 0 Å². The van der Waals surface area contributed by atoms with E-state index in [-0.39, 0.29) is 24.0 Å². The van der Waals surface area contributed by atoms with Gasteiger partial charge in [-0.1, -0.05) is 43.6 Å². The molecule has 0 spiro atoms. The van der Waals surface area contributed by atoms with E-state index in [4.69, 9.17) is 16.6 Å². The molecule has 1 N–H and O–H groups in total. The monoisotopic (exact) mass is 521 g/mol. The Kier molecular flexibility index (Phi) is 12.4. The Labute approximate surface area is 193 Å². The summed E-state index contributed by atoms with van der Waals surface area (Å²) in [7, 11) is 2.07. The van der Waals surface area contributed by atoms with E-state index >= 15 is 0 Å². The SMILES string of the molecule is CCNC(=NCC(C)CN1CCN(CC)CC1)N(C)Cc1ccccc1Cl.I. The van der Waals surface area contributed by atoms with Crippen LogP contribution in [0.5, 0.6) is 0 Å². The molecule has 1 unspecified atom stereocenters. The summed E-state index contributed by atoms with van der Waals surface area (Å²) in [6.07, 6.45) is 0. The number of piperazine rings is 1. The van der Waals surface area contributed by atoms with Crippen LogP contribution in [0.2, 0.25) is 5.02 Å². The molecule has 1 aliphatic heterocycles. The van der Waals surface area contributed by atoms with Gasteiger partial charge in [-0.05, 0) is 31.0 Å². The normalized spacial score (nSPS) is 17.1. The Morgan fingerprint density at radius 2 is 1.82 bits per heavy atom. The summed E-state index contributed by atoms with van der Waals surface area (Å²) >= 11 is 6.31. The van der Waals surface area contributed by atoms with Crippen LogP contribution in [0, 0.1) is 5.92 Å². The van der Waals surface area contributed by atoms with Crippen molar-refractivity contribution in [1.29, 1.82) is 0 Å². The third-order valence-corrected chi connectivity index (χ3v) is 5.47. The van der Waals surface area contributed by atoms with Crippen LogP contribution in [0.25, 0.3) is 0 Å². The van der Waals surface area contributed by atoms with Gasteiger partial charge < -0.3 is 20.0 Å². The molecule has 1 aromatic carbocycles. The van der Waals surface area contributed by atoms with Crippen molar-refractivity contribution in [2.24, 2.45) is 10.9 Å². The van der Waals surface area contributed by atoms with Crippen LogP contribution in [0.3, 0.4) is 0 Å². The van der Waals surface area contributed by atoms with Crippen LogP contribution in [0.4, 0.5) is 0 Å². The van der Waals surface area contributed by atoms with Gasteiger partial charge in [-0.15, -0.1) is 24.0 Å². The Morgan fingerprint density at radius 1 is 1.18 bits per heavy atom. The van der Waals surface area contributed by atoms with Gasteiger partial charge >= 0.3 is 0 Å². The van der Waals surface area contributed by atoms with E-state index in [1.54, 1.807) is 0 Å². The summed E-state index contributed by atoms with van der Waals surface area (Å²) in [5, 5.41) is 4.21. The first-order chi connectivity index (χ1) is 13.0. The highest BCUT2D eigenvalue weighted by molar-refractivity contribution is 14.0. The maximum Gasteiger partial charge on any atom is 0.193 e. The van der Waals surface area contributed by atoms with Crippen LogP contribution in [0.15, 0.2) is 29.3 Å². The third kappa shape index (κ3) is 8.43. The molecule has 7 heteroatoms. The molecule has 1 aromatic rings. The van der Waals surface area contributed by atoms with E-state index in [1.807, 2.05) is 18.2 Å². The van der Waals surface area contributed by atoms with Gasteiger partial charge in [0.2, 0.25) is 0 Å². The molecule has 0 radical (unpaired) electrons. The van der Waals surface area contributed by atoms with Crippen molar-refractivity contribution in [3.05, 3.63) is 34.9 Å². The van der Waals surface area contributed by atoms with Gasteiger partial charge in [-0.3, -0.25) is 4.99 Å². The van der Waals surface area contributed by atoms with E-state index in [1.165, 1.54) is 26.2 Å². The Balaban J connectivity index is 0.00000392. The van der Waals surface area contributed by atoms with Gasteiger partial charge in [0.15, 0.2) is 5.96 Å². The smallest absolute Gasteiger partial charge is 0.193 e. The first kappa shape index (κ1) is 25.5. The van der Waals surface area contributed by atoms with Gasteiger partial charge in [0, 0.05) is 64.4 Å². The predicted octanol–water partition coefficient (Wildman–Crippen LogP) is 3.63. The number of nitrogens with one attached hydrogen (secondary N) is 1. The molecule has 1 heterocycles. The fourth-order valence-corrected chi connectivity index (χ4v) is 3.65. The largest absolute Gasteiger partial charge is 0.357 e. The molecule has 1 aliphatic rings. The fourth-order valence-electron chi connectivity index (χ4n) is 3.46. The molecule has 1 fully saturated rings. The minimum Gasteiger partial charge on any atom is -0.357 e. The topological polar surface area (TPSA) is 34.1 Å². The zero-order valence-electron chi connectivity index (χ0n) is 17.8. The standard InChI is InChI=1S/C21H36ClN5.HI/c1-5-23-21(25(4)17-19-9-7-8-10-20(19)22)24-15-18(3)16-27-13-11-26(6-2)12-14-27;/h7-10,18H,5-6,11-17H2,1-4H3,(H,23,24);1H. The van der Waals surface area contributed by atoms with Crippen LogP contribution >= 0.6 is 35.6 Å². The zero-order chi connectivity index (χ0) is 19.6. The van der Waals surface area contributed by atoms with E-state index < -0.39 is 0 Å². The van der Waals surface area contributed by atoms with Crippen LogP contribution in [0.1, 0.15) is 26.3 Å². The van der Waals surface area contributed by atoms with E-state index in [9.17, 15) is 0 Å². The summed E-state index contributed by atoms with van der Waals surface area (Å²) in [6.45, 7) is 16.1. The van der Waals surface area contributed by atoms with Crippen molar-refractivity contribution in [2.75, 3.05) is 59.4 Å². The first-order valence-electron chi connectivity index (χ1n) is 10.2. The minimum absolute atomic E-state index is 0. The molecule has 0 aromatic heterocycles. The number of aliphatic imine (C=N–C) groups is 1. The number of guanidine groups is 1. The fraction of sp³-hybridized carbons (Fsp3) is 0.667. The molecule has 28 heavy (non-hydrogen) atoms. The highest BCUT2D eigenvalue weighted by atomic mass is 127. The number of likely N-dealkylation sites (N-methyl/N-ethyl adjacent to an activating group) is 1. The summed E-state index contributed by atoms with van der Waals surface area (Å²) in [5.41, 5.74) is 1.12. The molecule has 0 aliphatic carbocycles. The molecule has 160 valence electrons. The van der Waals surface area contributed by atoms with E-state index in [0.717, 1.165) is 49.3 Å². The summed E-state index contributed by atoms with van der Waals surface area (Å²) in [4.78, 5) is 12.1. The molecular weight excluding hydrogens is 485 g/mol. The molecule has 0 amide bonds. The lowest BCUT2D eigenvalue weighted by Gasteiger charge is -2.35. The lowest BCUT2D eigenvalue weighted by atomic mass is 10.1. The van der Waals surface area contributed by atoms with Crippen molar-refractivity contribution in [2.45, 2.75) is 27.3 Å². The molecular formula is C21H37ClIN5. The van der Waals surface area contributed by atoms with Crippen molar-refractivity contribution in [3.63, 3.8) is 0 Å². The van der Waals surface area contributed by atoms with Gasteiger partial charge in [-0.25, -0.2) is 0 Å². The third-order valence-electron chi connectivity index (χ3n) is 5.10. The number of hydrogen-bond donors (Lipinski definition) is 1. The zero-order valence-corrected chi connectivity index (χ0v) is 20.9. The van der Waals surface area contributed by atoms with Crippen molar-refractivity contribution >= 4 is 41.5 Å². The molecule has 2 rings (SSSR count). The van der Waals surface area contributed by atoms with Gasteiger partial charge in [-0.2, -0.15) is 0 Å². The number of benzene rings is 1. The van der Waals surface area contributed by atoms with Crippen LogP contribution in [-0.2, 0) is 6.54 Å². The maximum atomic E-state index is 6.31. The highest BCUT2D eigenvalue weighted by Gasteiger charge is 2.17. The second kappa shape index (κ2) is 13.6. The maximum absolute atomic E-state index is 6.31. The van der Waals surface area contributed by atoms with Gasteiger partial charge in [0.1, 0.15) is 0 Å². The molecule has 0 saturated carbocycles. The predicted molar refractivity (Wildman–Crippen MR) is 132 cm³/mol. The molecule has 1 saturated heterocycles. The average Bonchev–Trinajstić information content (AvgIpc) is 2.67. The Bertz CT molecular complexity index is 590. The Hall–Kier alpha value is -0.570. The molecule has 5 nitrogen and oxygen atoms in total. The van der Waals surface area contributed by atoms with Crippen molar-refractivity contribution in [3.8, 4) is 0 Å². The average molecular weight is 522 g/mol. The Morgan fingerprint density at radius 3 is 2.43 bits per heavy atom. The van der Waals surface area contributed by atoms with Crippen molar-refractivity contribution in [1.82, 2.24) is 20.0 Å². The van der Waals surface area contributed by atoms with E-state index in [0.29, 0.717) is 5.92 Å². The lowest BCUT2D eigenvalue weighted by Crippen LogP contribution is -2.47. The van der Waals surface area contributed by atoms with Crippen LogP contribution in [-0.4, -0.2) is 80.1 Å². The molecule has 0 bridgehead atoms. The number of rotatable bonds is 8. The second-order valence-corrected chi connectivity index (χ2v) is 7.89. The first-order valence-corrected chi connectivity index (χ1v) is 10.6. The molecule has 1 atom stereocenters. The number of halogens is 2. The number of nitrogens with zero attached hydrogens (tertiary/aromatic N) is 4. The number of hydrogen-bond acceptors (Lipinski definition) is 3. The van der Waals surface area contributed by atoms with Gasteiger partial charge in [0.25, 0.3) is 0 Å². The minimum atomic E-state index is 0. The van der Waals surface area contributed by atoms with Crippen LogP contribution < -0.4 is 5.32 Å². The van der Waals surface area contributed by atoms with Gasteiger partial charge in [0.05, 0.1) is 0 Å². The summed E-state index contributed by atoms with van der Waals surface area (Å²) in [5.74, 6) is 1.49. The lowest BCUT2D eigenvalue weighted by molar-refractivity contribution is 0.125. The van der Waals surface area contributed by atoms with E-state index in [2.05, 4.69) is 53.9 Å².